The van der Waals surface area contributed by atoms with Crippen molar-refractivity contribution in [2.75, 3.05) is 0 Å². The van der Waals surface area contributed by atoms with Crippen LogP contribution in [-0.4, -0.2) is 27.7 Å². The smallest absolute Gasteiger partial charge is 0.144 e. The Kier molecular flexibility index (Phi) is 6.54. The second kappa shape index (κ2) is 9.49. The molecule has 3 aromatic carbocycles. The normalized spacial score (nSPS) is 12.3. The maximum absolute atomic E-state index is 10.9. The molecule has 200 valence electrons. The number of imidazole rings is 1. The lowest BCUT2D eigenvalue weighted by atomic mass is 9.83. The monoisotopic (exact) mass is 533 g/mol. The number of rotatable bonds is 4. The Morgan fingerprint density at radius 2 is 1.56 bits per heavy atom. The van der Waals surface area contributed by atoms with Gasteiger partial charge >= 0.3 is 0 Å². The molecule has 1 N–H and O–H groups in total. The topological polar surface area (TPSA) is 50.9 Å². The zero-order valence-corrected chi connectivity index (χ0v) is 25.6. The predicted molar refractivity (Wildman–Crippen MR) is 168 cm³/mol. The van der Waals surface area contributed by atoms with E-state index in [0.717, 1.165) is 55.9 Å². The average molecular weight is 534 g/mol. The molecule has 0 saturated heterocycles. The first kappa shape index (κ1) is 26.9. The van der Waals surface area contributed by atoms with Crippen LogP contribution in [0.15, 0.2) is 66.9 Å². The summed E-state index contributed by atoms with van der Waals surface area (Å²) in [4.78, 5) is 10.0. The van der Waals surface area contributed by atoms with Crippen LogP contribution in [0.1, 0.15) is 37.5 Å². The van der Waals surface area contributed by atoms with E-state index in [-0.39, 0.29) is 11.2 Å². The van der Waals surface area contributed by atoms with E-state index in [0.29, 0.717) is 0 Å². The third-order valence-corrected chi connectivity index (χ3v) is 9.66. The molecular weight excluding hydrogens is 494 g/mol. The molecule has 0 bridgehead atoms. The molecule has 0 radical (unpaired) electrons. The number of hydrogen-bond acceptors (Lipinski definition) is 3. The van der Waals surface area contributed by atoms with Gasteiger partial charge < -0.3 is 9.67 Å². The number of para-hydroxylation sites is 1. The quantitative estimate of drug-likeness (QED) is 0.237. The summed E-state index contributed by atoms with van der Waals surface area (Å²) in [5.41, 5.74) is 10.2. The largest absolute Gasteiger partial charge is 0.507 e. The molecule has 0 unspecified atom stereocenters. The van der Waals surface area contributed by atoms with E-state index in [1.54, 1.807) is 0 Å². The minimum absolute atomic E-state index is 0.0307. The van der Waals surface area contributed by atoms with Gasteiger partial charge in [0, 0.05) is 24.4 Å². The summed E-state index contributed by atoms with van der Waals surface area (Å²) >= 11 is 0. The van der Waals surface area contributed by atoms with Crippen LogP contribution in [-0.2, 0) is 12.5 Å². The molecule has 0 aliphatic heterocycles. The Labute approximate surface area is 233 Å². The number of fused-ring (bicyclic) bond motifs is 1. The lowest BCUT2D eigenvalue weighted by Gasteiger charge is -2.22. The Hall–Kier alpha value is -3.70. The SMILES string of the molecule is Cc1cc(C)c(O)c(-c2nc3c(-c4cc(-c5ccc([Si](C)(C)C)cn5)cc(C(C)(C)C)c4)cccc3n2C)c1. The molecule has 5 rings (SSSR count). The number of hydrogen-bond donors (Lipinski definition) is 1. The highest BCUT2D eigenvalue weighted by Crippen LogP contribution is 2.39. The summed E-state index contributed by atoms with van der Waals surface area (Å²) in [6, 6.07) is 21.6. The highest BCUT2D eigenvalue weighted by Gasteiger charge is 2.21. The van der Waals surface area contributed by atoms with Gasteiger partial charge in [-0.2, -0.15) is 0 Å². The van der Waals surface area contributed by atoms with E-state index in [2.05, 4.69) is 99.7 Å². The van der Waals surface area contributed by atoms with Gasteiger partial charge in [-0.15, -0.1) is 0 Å². The fourth-order valence-electron chi connectivity index (χ4n) is 5.19. The number of aromatic nitrogens is 3. The fraction of sp³-hybridized carbons (Fsp3) is 0.294. The number of phenolic OH excluding ortho intramolecular Hbond substituents is 1. The summed E-state index contributed by atoms with van der Waals surface area (Å²) in [5, 5.41) is 12.3. The molecule has 2 aromatic heterocycles. The number of aromatic hydroxyl groups is 1. The summed E-state index contributed by atoms with van der Waals surface area (Å²) < 4.78 is 2.08. The summed E-state index contributed by atoms with van der Waals surface area (Å²) in [5.74, 6) is 1.04. The van der Waals surface area contributed by atoms with Crippen LogP contribution < -0.4 is 5.19 Å². The van der Waals surface area contributed by atoms with E-state index >= 15 is 0 Å². The van der Waals surface area contributed by atoms with E-state index in [1.807, 2.05) is 33.0 Å². The molecule has 0 fully saturated rings. The maximum Gasteiger partial charge on any atom is 0.144 e. The predicted octanol–water partition coefficient (Wildman–Crippen LogP) is 8.13. The van der Waals surface area contributed by atoms with Crippen LogP contribution in [0.4, 0.5) is 0 Å². The minimum atomic E-state index is -1.43. The summed E-state index contributed by atoms with van der Waals surface area (Å²) in [7, 11) is 0.595. The second-order valence-corrected chi connectivity index (χ2v) is 18.0. The molecule has 0 aliphatic carbocycles. The van der Waals surface area contributed by atoms with Crippen LogP contribution in [0.3, 0.4) is 0 Å². The molecule has 0 amide bonds. The van der Waals surface area contributed by atoms with E-state index in [9.17, 15) is 5.11 Å². The van der Waals surface area contributed by atoms with Crippen molar-refractivity contribution < 1.29 is 5.11 Å². The number of nitrogens with zero attached hydrogens (tertiary/aromatic N) is 3. The van der Waals surface area contributed by atoms with Crippen molar-refractivity contribution in [1.29, 1.82) is 0 Å². The van der Waals surface area contributed by atoms with Crippen LogP contribution in [0.5, 0.6) is 5.75 Å². The first-order valence-corrected chi connectivity index (χ1v) is 17.1. The highest BCUT2D eigenvalue weighted by atomic mass is 28.3. The molecular formula is C34H39N3OSi. The lowest BCUT2D eigenvalue weighted by molar-refractivity contribution is 0.472. The minimum Gasteiger partial charge on any atom is -0.507 e. The first-order valence-electron chi connectivity index (χ1n) is 13.6. The summed E-state index contributed by atoms with van der Waals surface area (Å²) in [6.07, 6.45) is 2.06. The third-order valence-electron chi connectivity index (χ3n) is 7.63. The van der Waals surface area contributed by atoms with Crippen LogP contribution in [0.25, 0.3) is 44.8 Å². The standard InChI is InChI=1S/C34H39N3OSi/c1-21-15-22(2)32(38)28(16-21)33-36-31-27(11-10-12-30(31)37(33)6)23-17-24(19-25(18-23)34(3,4)5)29-14-13-26(20-35-29)39(7,8)9/h10-20,38H,1-9H3. The average Bonchev–Trinajstić information content (AvgIpc) is 3.21. The summed E-state index contributed by atoms with van der Waals surface area (Å²) in [6.45, 7) is 17.8. The number of aryl methyl sites for hydroxylation is 3. The van der Waals surface area contributed by atoms with Gasteiger partial charge in [0.1, 0.15) is 11.6 Å². The van der Waals surface area contributed by atoms with Gasteiger partial charge in [0.2, 0.25) is 0 Å². The molecule has 0 saturated carbocycles. The van der Waals surface area contributed by atoms with Crippen molar-refractivity contribution in [2.45, 2.75) is 59.7 Å². The van der Waals surface area contributed by atoms with E-state index in [4.69, 9.17) is 9.97 Å². The van der Waals surface area contributed by atoms with Crippen molar-refractivity contribution in [3.63, 3.8) is 0 Å². The van der Waals surface area contributed by atoms with Gasteiger partial charge in [0.25, 0.3) is 0 Å². The Bertz CT molecular complexity index is 1700. The highest BCUT2D eigenvalue weighted by molar-refractivity contribution is 6.88. The van der Waals surface area contributed by atoms with Crippen molar-refractivity contribution in [1.82, 2.24) is 14.5 Å². The van der Waals surface area contributed by atoms with Gasteiger partial charge in [-0.05, 0) is 77.0 Å². The zero-order valence-electron chi connectivity index (χ0n) is 24.6. The molecule has 0 spiro atoms. The lowest BCUT2D eigenvalue weighted by Crippen LogP contribution is -2.37. The van der Waals surface area contributed by atoms with Crippen LogP contribution in [0, 0.1) is 13.8 Å². The molecule has 5 aromatic rings. The van der Waals surface area contributed by atoms with Gasteiger partial charge in [-0.1, -0.05) is 70.7 Å². The maximum atomic E-state index is 10.9. The van der Waals surface area contributed by atoms with Gasteiger partial charge in [0.15, 0.2) is 0 Å². The van der Waals surface area contributed by atoms with E-state index < -0.39 is 8.07 Å². The molecule has 5 heteroatoms. The molecule has 39 heavy (non-hydrogen) atoms. The number of benzene rings is 3. The molecule has 4 nitrogen and oxygen atoms in total. The molecule has 2 heterocycles. The number of pyridine rings is 1. The van der Waals surface area contributed by atoms with E-state index in [1.165, 1.54) is 10.8 Å². The van der Waals surface area contributed by atoms with Crippen LogP contribution in [0.2, 0.25) is 19.6 Å². The van der Waals surface area contributed by atoms with Gasteiger partial charge in [0.05, 0.1) is 30.4 Å². The Balaban J connectivity index is 1.72. The van der Waals surface area contributed by atoms with Crippen molar-refractivity contribution >= 4 is 24.3 Å². The van der Waals surface area contributed by atoms with Crippen molar-refractivity contribution in [2.24, 2.45) is 7.05 Å². The first-order chi connectivity index (χ1) is 18.2. The van der Waals surface area contributed by atoms with Gasteiger partial charge in [-0.3, -0.25) is 4.98 Å². The Morgan fingerprint density at radius 1 is 0.846 bits per heavy atom. The third kappa shape index (κ3) is 5.03. The van der Waals surface area contributed by atoms with Crippen molar-refractivity contribution in [3.05, 3.63) is 83.6 Å². The van der Waals surface area contributed by atoms with Gasteiger partial charge in [-0.25, -0.2) is 4.98 Å². The Morgan fingerprint density at radius 3 is 2.21 bits per heavy atom. The fourth-order valence-corrected chi connectivity index (χ4v) is 6.23. The number of phenols is 1. The molecule has 0 aliphatic rings. The zero-order chi connectivity index (χ0) is 28.3. The second-order valence-electron chi connectivity index (χ2n) is 12.9. The van der Waals surface area contributed by atoms with Crippen LogP contribution >= 0.6 is 0 Å². The van der Waals surface area contributed by atoms with Crippen molar-refractivity contribution in [3.8, 4) is 39.5 Å². The molecule has 0 atom stereocenters.